The van der Waals surface area contributed by atoms with Crippen LogP contribution in [0.5, 0.6) is 0 Å². The van der Waals surface area contributed by atoms with Crippen molar-refractivity contribution in [3.63, 3.8) is 0 Å². The van der Waals surface area contributed by atoms with Crippen LogP contribution in [0, 0.1) is 0 Å². The van der Waals surface area contributed by atoms with Gasteiger partial charge in [0.15, 0.2) is 0 Å². The van der Waals surface area contributed by atoms with Crippen LogP contribution < -0.4 is 4.57 Å². The SMILES string of the molecule is CCCC[n+]1ccn(CCOC)c1C=O. The largest absolute Gasteiger partial charge is 0.381 e. The normalized spacial score (nSPS) is 10.5. The highest BCUT2D eigenvalue weighted by Gasteiger charge is 2.14. The van der Waals surface area contributed by atoms with Gasteiger partial charge in [-0.3, -0.25) is 4.79 Å². The third-order valence-electron chi connectivity index (χ3n) is 2.41. The van der Waals surface area contributed by atoms with E-state index in [1.807, 2.05) is 21.5 Å². The quantitative estimate of drug-likeness (QED) is 0.499. The molecule has 0 atom stereocenters. The zero-order valence-electron chi connectivity index (χ0n) is 9.48. The van der Waals surface area contributed by atoms with Gasteiger partial charge in [0.05, 0.1) is 13.2 Å². The molecule has 0 unspecified atom stereocenters. The highest BCUT2D eigenvalue weighted by Crippen LogP contribution is 1.95. The van der Waals surface area contributed by atoms with Crippen molar-refractivity contribution >= 4 is 6.29 Å². The van der Waals surface area contributed by atoms with E-state index in [-0.39, 0.29) is 0 Å². The van der Waals surface area contributed by atoms with Crippen LogP contribution in [0.25, 0.3) is 0 Å². The third kappa shape index (κ3) is 3.16. The minimum Gasteiger partial charge on any atom is -0.381 e. The van der Waals surface area contributed by atoms with E-state index < -0.39 is 0 Å². The lowest BCUT2D eigenvalue weighted by Gasteiger charge is -1.99. The van der Waals surface area contributed by atoms with Gasteiger partial charge in [-0.1, -0.05) is 13.3 Å². The number of imidazole rings is 1. The number of unbranched alkanes of at least 4 members (excludes halogenated alkanes) is 1. The second kappa shape index (κ2) is 6.35. The number of carbonyl (C=O) groups excluding carboxylic acids is 1. The fourth-order valence-corrected chi connectivity index (χ4v) is 1.51. The van der Waals surface area contributed by atoms with E-state index >= 15 is 0 Å². The fourth-order valence-electron chi connectivity index (χ4n) is 1.51. The summed E-state index contributed by atoms with van der Waals surface area (Å²) in [6, 6.07) is 0. The summed E-state index contributed by atoms with van der Waals surface area (Å²) in [5.74, 6) is 0.723. The zero-order valence-corrected chi connectivity index (χ0v) is 9.48. The number of carbonyl (C=O) groups is 1. The van der Waals surface area contributed by atoms with Gasteiger partial charge in [0, 0.05) is 7.11 Å². The molecule has 1 aromatic heterocycles. The Bertz CT molecular complexity index is 282. The van der Waals surface area contributed by atoms with Crippen molar-refractivity contribution in [2.75, 3.05) is 13.7 Å². The van der Waals surface area contributed by atoms with Crippen LogP contribution in [0.4, 0.5) is 0 Å². The Hall–Kier alpha value is -1.16. The summed E-state index contributed by atoms with van der Waals surface area (Å²) in [5.41, 5.74) is 0. The molecule has 84 valence electrons. The minimum absolute atomic E-state index is 0.628. The van der Waals surface area contributed by atoms with E-state index in [1.54, 1.807) is 7.11 Å². The Kier molecular flexibility index (Phi) is 5.04. The first-order valence-corrected chi connectivity index (χ1v) is 5.36. The minimum atomic E-state index is 0.628. The molecule has 0 radical (unpaired) electrons. The number of rotatable bonds is 7. The molecule has 15 heavy (non-hydrogen) atoms. The van der Waals surface area contributed by atoms with Crippen molar-refractivity contribution in [1.29, 1.82) is 0 Å². The summed E-state index contributed by atoms with van der Waals surface area (Å²) < 4.78 is 8.90. The molecule has 1 aromatic rings. The molecule has 0 amide bonds. The molecule has 0 fully saturated rings. The van der Waals surface area contributed by atoms with Crippen molar-refractivity contribution in [1.82, 2.24) is 4.57 Å². The van der Waals surface area contributed by atoms with E-state index in [2.05, 4.69) is 6.92 Å². The molecular formula is C11H19N2O2+. The molecule has 0 bridgehead atoms. The van der Waals surface area contributed by atoms with Crippen LogP contribution in [0.2, 0.25) is 0 Å². The standard InChI is InChI=1S/C11H19N2O2/c1-3-4-5-12-6-7-13(8-9-15-2)11(12)10-14/h6-7,10H,3-5,8-9H2,1-2H3/q+1. The Morgan fingerprint density at radius 3 is 3.00 bits per heavy atom. The number of hydrogen-bond donors (Lipinski definition) is 0. The number of hydrogen-bond acceptors (Lipinski definition) is 2. The monoisotopic (exact) mass is 211 g/mol. The smallest absolute Gasteiger partial charge is 0.322 e. The molecule has 4 nitrogen and oxygen atoms in total. The van der Waals surface area contributed by atoms with Crippen molar-refractivity contribution < 1.29 is 14.1 Å². The summed E-state index contributed by atoms with van der Waals surface area (Å²) in [6.45, 7) is 4.40. The Morgan fingerprint density at radius 1 is 1.60 bits per heavy atom. The highest BCUT2D eigenvalue weighted by atomic mass is 16.5. The van der Waals surface area contributed by atoms with Gasteiger partial charge < -0.3 is 4.74 Å². The van der Waals surface area contributed by atoms with Crippen molar-refractivity contribution in [3.05, 3.63) is 18.2 Å². The first-order valence-electron chi connectivity index (χ1n) is 5.36. The number of aldehydes is 1. The molecule has 0 saturated heterocycles. The number of aromatic nitrogens is 2. The van der Waals surface area contributed by atoms with Crippen LogP contribution in [0.15, 0.2) is 12.4 Å². The Labute approximate surface area is 90.5 Å². The lowest BCUT2D eigenvalue weighted by Crippen LogP contribution is -2.37. The first kappa shape index (κ1) is 11.9. The van der Waals surface area contributed by atoms with Crippen molar-refractivity contribution in [3.8, 4) is 0 Å². The average Bonchev–Trinajstić information content (AvgIpc) is 2.65. The molecule has 1 rings (SSSR count). The maximum Gasteiger partial charge on any atom is 0.322 e. The molecule has 0 aliphatic rings. The summed E-state index contributed by atoms with van der Waals surface area (Å²) in [4.78, 5) is 11.0. The van der Waals surface area contributed by atoms with Gasteiger partial charge in [0.2, 0.25) is 6.29 Å². The van der Waals surface area contributed by atoms with Gasteiger partial charge in [-0.25, -0.2) is 9.13 Å². The topological polar surface area (TPSA) is 35.1 Å². The average molecular weight is 211 g/mol. The third-order valence-corrected chi connectivity index (χ3v) is 2.41. The lowest BCUT2D eigenvalue weighted by molar-refractivity contribution is -0.698. The summed E-state index contributed by atoms with van der Waals surface area (Å²) in [7, 11) is 1.66. The van der Waals surface area contributed by atoms with E-state index in [0.717, 1.165) is 38.0 Å². The molecule has 0 saturated carbocycles. The van der Waals surface area contributed by atoms with Crippen LogP contribution >= 0.6 is 0 Å². The summed E-state index contributed by atoms with van der Waals surface area (Å²) in [6.07, 6.45) is 7.02. The summed E-state index contributed by atoms with van der Waals surface area (Å²) >= 11 is 0. The maximum atomic E-state index is 11.0. The van der Waals surface area contributed by atoms with Gasteiger partial charge in [0.25, 0.3) is 0 Å². The maximum absolute atomic E-state index is 11.0. The van der Waals surface area contributed by atoms with Crippen LogP contribution in [-0.2, 0) is 17.8 Å². The van der Waals surface area contributed by atoms with E-state index in [9.17, 15) is 4.79 Å². The van der Waals surface area contributed by atoms with Crippen LogP contribution in [0.3, 0.4) is 0 Å². The predicted molar refractivity (Wildman–Crippen MR) is 56.8 cm³/mol. The lowest BCUT2D eigenvalue weighted by atomic mass is 10.3. The number of methoxy groups -OCH3 is 1. The van der Waals surface area contributed by atoms with Crippen LogP contribution in [-0.4, -0.2) is 24.6 Å². The highest BCUT2D eigenvalue weighted by molar-refractivity contribution is 5.67. The number of ether oxygens (including phenoxy) is 1. The molecule has 0 N–H and O–H groups in total. The molecule has 4 heteroatoms. The van der Waals surface area contributed by atoms with E-state index in [0.29, 0.717) is 6.61 Å². The Balaban J connectivity index is 2.71. The van der Waals surface area contributed by atoms with Gasteiger partial charge in [-0.05, 0) is 6.42 Å². The van der Waals surface area contributed by atoms with E-state index in [4.69, 9.17) is 4.74 Å². The first-order chi connectivity index (χ1) is 7.33. The fraction of sp³-hybridized carbons (Fsp3) is 0.636. The number of nitrogens with zero attached hydrogens (tertiary/aromatic N) is 2. The van der Waals surface area contributed by atoms with Gasteiger partial charge >= 0.3 is 5.82 Å². The second-order valence-corrected chi connectivity index (χ2v) is 3.51. The molecule has 0 aliphatic carbocycles. The molecule has 0 aromatic carbocycles. The zero-order chi connectivity index (χ0) is 11.1. The number of aryl methyl sites for hydroxylation is 1. The molecule has 0 spiro atoms. The molecule has 1 heterocycles. The second-order valence-electron chi connectivity index (χ2n) is 3.51. The van der Waals surface area contributed by atoms with Crippen LogP contribution in [0.1, 0.15) is 30.4 Å². The van der Waals surface area contributed by atoms with Crippen molar-refractivity contribution in [2.45, 2.75) is 32.9 Å². The van der Waals surface area contributed by atoms with E-state index in [1.165, 1.54) is 0 Å². The Morgan fingerprint density at radius 2 is 2.40 bits per heavy atom. The van der Waals surface area contributed by atoms with Gasteiger partial charge in [0.1, 0.15) is 18.9 Å². The predicted octanol–water partition coefficient (Wildman–Crippen LogP) is 1.03. The van der Waals surface area contributed by atoms with Crippen molar-refractivity contribution in [2.24, 2.45) is 0 Å². The molecule has 0 aliphatic heterocycles. The van der Waals surface area contributed by atoms with Gasteiger partial charge in [-0.15, -0.1) is 0 Å². The molecular weight excluding hydrogens is 192 g/mol. The summed E-state index contributed by atoms with van der Waals surface area (Å²) in [5, 5.41) is 0. The van der Waals surface area contributed by atoms with Gasteiger partial charge in [-0.2, -0.15) is 0 Å².